The maximum Gasteiger partial charge on any atom is 0.251 e. The third kappa shape index (κ3) is 3.89. The Labute approximate surface area is 151 Å². The third-order valence-electron chi connectivity index (χ3n) is 3.78. The van der Waals surface area contributed by atoms with Gasteiger partial charge in [-0.05, 0) is 36.4 Å². The van der Waals surface area contributed by atoms with Gasteiger partial charge in [0, 0.05) is 31.3 Å². The summed E-state index contributed by atoms with van der Waals surface area (Å²) >= 11 is 0. The quantitative estimate of drug-likeness (QED) is 0.643. The number of hydrogen-bond donors (Lipinski definition) is 2. The van der Waals surface area contributed by atoms with Crippen molar-refractivity contribution in [1.82, 2.24) is 24.6 Å². The lowest BCUT2D eigenvalue weighted by molar-refractivity contribution is 0.0954. The molecule has 0 saturated carbocycles. The molecule has 8 nitrogen and oxygen atoms in total. The number of nitrogens with one attached hydrogen (secondary N) is 2. The summed E-state index contributed by atoms with van der Waals surface area (Å²) in [5.41, 5.74) is 1.15. The Morgan fingerprint density at radius 1 is 1.12 bits per heavy atom. The fourth-order valence-corrected chi connectivity index (χ4v) is 3.55. The van der Waals surface area contributed by atoms with E-state index in [9.17, 15) is 13.2 Å². The number of carbonyl (C=O) groups is 1. The summed E-state index contributed by atoms with van der Waals surface area (Å²) < 4.78 is 28.1. The molecule has 3 rings (SSSR count). The summed E-state index contributed by atoms with van der Waals surface area (Å²) in [7, 11) is -3.52. The number of fused-ring (bicyclic) bond motifs is 1. The molecule has 3 aromatic rings. The molecule has 1 aromatic carbocycles. The van der Waals surface area contributed by atoms with Gasteiger partial charge in [0.1, 0.15) is 5.82 Å². The van der Waals surface area contributed by atoms with Crippen LogP contribution in [0, 0.1) is 0 Å². The van der Waals surface area contributed by atoms with E-state index in [4.69, 9.17) is 0 Å². The van der Waals surface area contributed by atoms with Gasteiger partial charge in [0.15, 0.2) is 5.65 Å². The first kappa shape index (κ1) is 18.0. The van der Waals surface area contributed by atoms with Gasteiger partial charge in [0.25, 0.3) is 5.91 Å². The summed E-state index contributed by atoms with van der Waals surface area (Å²) in [6.45, 7) is 2.41. The molecule has 0 radical (unpaired) electrons. The minimum atomic E-state index is -3.52. The molecule has 0 saturated heterocycles. The molecule has 0 spiro atoms. The van der Waals surface area contributed by atoms with Gasteiger partial charge in [-0.3, -0.25) is 9.20 Å². The van der Waals surface area contributed by atoms with Gasteiger partial charge in [-0.2, -0.15) is 0 Å². The normalized spacial score (nSPS) is 11.6. The number of nitrogens with zero attached hydrogens (tertiary/aromatic N) is 3. The summed E-state index contributed by atoms with van der Waals surface area (Å²) in [6, 6.07) is 11.4. The van der Waals surface area contributed by atoms with Crippen molar-refractivity contribution in [1.29, 1.82) is 0 Å². The maximum absolute atomic E-state index is 12.2. The van der Waals surface area contributed by atoms with Crippen molar-refractivity contribution in [3.05, 3.63) is 60.0 Å². The molecule has 0 bridgehead atoms. The number of carbonyl (C=O) groups excluding carboxylic acids is 1. The highest BCUT2D eigenvalue weighted by Crippen LogP contribution is 2.10. The first-order chi connectivity index (χ1) is 12.5. The summed E-state index contributed by atoms with van der Waals surface area (Å²) in [6.07, 6.45) is 2.40. The molecule has 1 amide bonds. The number of benzene rings is 1. The van der Waals surface area contributed by atoms with E-state index >= 15 is 0 Å². The van der Waals surface area contributed by atoms with Crippen molar-refractivity contribution >= 4 is 21.6 Å². The highest BCUT2D eigenvalue weighted by atomic mass is 32.2. The average Bonchev–Trinajstić information content (AvgIpc) is 3.05. The summed E-state index contributed by atoms with van der Waals surface area (Å²) in [5.74, 6) is 0.485. The van der Waals surface area contributed by atoms with E-state index in [1.54, 1.807) is 6.92 Å². The van der Waals surface area contributed by atoms with Crippen LogP contribution in [0.15, 0.2) is 53.6 Å². The summed E-state index contributed by atoms with van der Waals surface area (Å²) in [5, 5.41) is 11.0. The fraction of sp³-hybridized carbons (Fsp3) is 0.235. The second kappa shape index (κ2) is 7.63. The summed E-state index contributed by atoms with van der Waals surface area (Å²) in [4.78, 5) is 12.3. The minimum Gasteiger partial charge on any atom is -0.352 e. The Morgan fingerprint density at radius 2 is 1.88 bits per heavy atom. The van der Waals surface area contributed by atoms with Crippen LogP contribution >= 0.6 is 0 Å². The van der Waals surface area contributed by atoms with Gasteiger partial charge in [-0.1, -0.05) is 13.0 Å². The van der Waals surface area contributed by atoms with E-state index in [-0.39, 0.29) is 10.8 Å². The van der Waals surface area contributed by atoms with E-state index in [2.05, 4.69) is 20.2 Å². The van der Waals surface area contributed by atoms with Crippen molar-refractivity contribution in [2.45, 2.75) is 18.2 Å². The average molecular weight is 373 g/mol. The van der Waals surface area contributed by atoms with E-state index in [1.807, 2.05) is 28.8 Å². The molecule has 2 heterocycles. The lowest BCUT2D eigenvalue weighted by Crippen LogP contribution is -2.26. The molecule has 0 fully saturated rings. The molecule has 26 heavy (non-hydrogen) atoms. The maximum atomic E-state index is 12.2. The van der Waals surface area contributed by atoms with Gasteiger partial charge in [0.05, 0.1) is 4.90 Å². The van der Waals surface area contributed by atoms with E-state index in [1.165, 1.54) is 24.3 Å². The van der Waals surface area contributed by atoms with Crippen molar-refractivity contribution in [2.24, 2.45) is 0 Å². The second-order valence-corrected chi connectivity index (χ2v) is 7.34. The van der Waals surface area contributed by atoms with Crippen LogP contribution in [0.5, 0.6) is 0 Å². The van der Waals surface area contributed by atoms with Gasteiger partial charge in [-0.25, -0.2) is 13.1 Å². The van der Waals surface area contributed by atoms with Crippen molar-refractivity contribution in [2.75, 3.05) is 13.1 Å². The molecule has 0 aliphatic rings. The van der Waals surface area contributed by atoms with Crippen molar-refractivity contribution in [3.8, 4) is 0 Å². The zero-order chi connectivity index (χ0) is 18.6. The van der Waals surface area contributed by atoms with Gasteiger partial charge in [-0.15, -0.1) is 10.2 Å². The lowest BCUT2D eigenvalue weighted by Gasteiger charge is -2.07. The van der Waals surface area contributed by atoms with Crippen LogP contribution in [0.2, 0.25) is 0 Å². The van der Waals surface area contributed by atoms with Crippen LogP contribution in [-0.2, 0) is 16.4 Å². The molecule has 0 aliphatic carbocycles. The standard InChI is InChI=1S/C17H19N5O3S/c1-2-19-26(24,25)14-8-6-13(7-9-14)17(23)18-11-10-16-21-20-15-5-3-4-12-22(15)16/h3-9,12,19H,2,10-11H2,1H3,(H,18,23). The van der Waals surface area contributed by atoms with Crippen LogP contribution in [0.1, 0.15) is 23.1 Å². The predicted molar refractivity (Wildman–Crippen MR) is 96.3 cm³/mol. The molecule has 136 valence electrons. The number of amides is 1. The Kier molecular flexibility index (Phi) is 5.29. The van der Waals surface area contributed by atoms with Crippen LogP contribution in [0.3, 0.4) is 0 Å². The molecule has 0 atom stereocenters. The first-order valence-electron chi connectivity index (χ1n) is 8.18. The van der Waals surface area contributed by atoms with E-state index < -0.39 is 10.0 Å². The molecule has 0 aliphatic heterocycles. The number of hydrogen-bond acceptors (Lipinski definition) is 5. The largest absolute Gasteiger partial charge is 0.352 e. The molecular formula is C17H19N5O3S. The topological polar surface area (TPSA) is 105 Å². The van der Waals surface area contributed by atoms with Crippen LogP contribution in [-0.4, -0.2) is 42.0 Å². The monoisotopic (exact) mass is 373 g/mol. The number of aromatic nitrogens is 3. The van der Waals surface area contributed by atoms with Crippen LogP contribution in [0.25, 0.3) is 5.65 Å². The SMILES string of the molecule is CCNS(=O)(=O)c1ccc(C(=O)NCCc2nnc3ccccn23)cc1. The van der Waals surface area contributed by atoms with Crippen LogP contribution < -0.4 is 10.0 Å². The van der Waals surface area contributed by atoms with E-state index in [0.29, 0.717) is 25.1 Å². The number of rotatable bonds is 7. The second-order valence-electron chi connectivity index (χ2n) is 5.58. The first-order valence-corrected chi connectivity index (χ1v) is 9.66. The fourth-order valence-electron chi connectivity index (χ4n) is 2.51. The number of sulfonamides is 1. The Hall–Kier alpha value is -2.78. The van der Waals surface area contributed by atoms with Gasteiger partial charge >= 0.3 is 0 Å². The van der Waals surface area contributed by atoms with Gasteiger partial charge < -0.3 is 5.32 Å². The lowest BCUT2D eigenvalue weighted by atomic mass is 10.2. The van der Waals surface area contributed by atoms with Crippen molar-refractivity contribution < 1.29 is 13.2 Å². The number of pyridine rings is 1. The van der Waals surface area contributed by atoms with Crippen LogP contribution in [0.4, 0.5) is 0 Å². The Bertz CT molecular complexity index is 1010. The van der Waals surface area contributed by atoms with E-state index in [0.717, 1.165) is 11.5 Å². The highest BCUT2D eigenvalue weighted by molar-refractivity contribution is 7.89. The Balaban J connectivity index is 1.60. The Morgan fingerprint density at radius 3 is 2.62 bits per heavy atom. The zero-order valence-corrected chi connectivity index (χ0v) is 15.0. The molecule has 9 heteroatoms. The van der Waals surface area contributed by atoms with Gasteiger partial charge in [0.2, 0.25) is 10.0 Å². The molecule has 2 N–H and O–H groups in total. The third-order valence-corrected chi connectivity index (χ3v) is 5.34. The minimum absolute atomic E-state index is 0.130. The zero-order valence-electron chi connectivity index (χ0n) is 14.2. The van der Waals surface area contributed by atoms with Crippen molar-refractivity contribution in [3.63, 3.8) is 0 Å². The molecule has 0 unspecified atom stereocenters. The molecule has 2 aromatic heterocycles. The highest BCUT2D eigenvalue weighted by Gasteiger charge is 2.13. The molecular weight excluding hydrogens is 354 g/mol. The smallest absolute Gasteiger partial charge is 0.251 e. The predicted octanol–water partition coefficient (Wildman–Crippen LogP) is 1.000.